The number of halogens is 2. The van der Waals surface area contributed by atoms with Crippen LogP contribution in [0.3, 0.4) is 0 Å². The Bertz CT molecular complexity index is 832. The lowest BCUT2D eigenvalue weighted by atomic mass is 10.1. The van der Waals surface area contributed by atoms with Gasteiger partial charge in [0.25, 0.3) is 5.91 Å². The fourth-order valence-electron chi connectivity index (χ4n) is 2.95. The molecule has 142 valence electrons. The first kappa shape index (κ1) is 19.7. The topological polar surface area (TPSA) is 69.6 Å². The number of hydrogen-bond donors (Lipinski definition) is 2. The molecule has 0 aromatic heterocycles. The Balaban J connectivity index is 1.57. The number of hydrogen-bond acceptors (Lipinski definition) is 3. The summed E-state index contributed by atoms with van der Waals surface area (Å²) in [6.45, 7) is 1.19. The number of aliphatic hydroxyl groups excluding tert-OH is 1. The summed E-state index contributed by atoms with van der Waals surface area (Å²) in [6, 6.07) is 11.9. The van der Waals surface area contributed by atoms with E-state index in [1.165, 1.54) is 6.07 Å². The van der Waals surface area contributed by atoms with Crippen LogP contribution in [0.5, 0.6) is 0 Å². The number of anilines is 1. The van der Waals surface area contributed by atoms with Crippen molar-refractivity contribution in [2.24, 2.45) is 0 Å². The first-order valence-corrected chi connectivity index (χ1v) is 9.49. The molecule has 0 atom stereocenters. The van der Waals surface area contributed by atoms with Crippen LogP contribution in [0.1, 0.15) is 28.8 Å². The standard InChI is InChI=1S/C20H20Cl2N2O3/c21-17-6-3-14(12-18(17)22)20(27)23-15-4-1-13(2-5-15)11-19(26)24-9-7-16(25)8-10-24/h1-6,12,16,25H,7-11H2,(H,23,27). The highest BCUT2D eigenvalue weighted by Crippen LogP contribution is 2.23. The summed E-state index contributed by atoms with van der Waals surface area (Å²) in [4.78, 5) is 26.4. The minimum absolute atomic E-state index is 0.0505. The number of nitrogens with zero attached hydrogens (tertiary/aromatic N) is 1. The molecule has 1 heterocycles. The van der Waals surface area contributed by atoms with Crippen LogP contribution >= 0.6 is 23.2 Å². The van der Waals surface area contributed by atoms with E-state index in [0.717, 1.165) is 5.56 Å². The largest absolute Gasteiger partial charge is 0.393 e. The predicted octanol–water partition coefficient (Wildman–Crippen LogP) is 3.77. The minimum atomic E-state index is -0.299. The lowest BCUT2D eigenvalue weighted by Gasteiger charge is -2.29. The van der Waals surface area contributed by atoms with Gasteiger partial charge < -0.3 is 15.3 Å². The number of likely N-dealkylation sites (tertiary alicyclic amines) is 1. The van der Waals surface area contributed by atoms with E-state index in [-0.39, 0.29) is 17.9 Å². The molecule has 2 N–H and O–H groups in total. The lowest BCUT2D eigenvalue weighted by Crippen LogP contribution is -2.40. The van der Waals surface area contributed by atoms with E-state index in [4.69, 9.17) is 23.2 Å². The summed E-state index contributed by atoms with van der Waals surface area (Å²) in [5.41, 5.74) is 1.91. The first-order chi connectivity index (χ1) is 12.9. The highest BCUT2D eigenvalue weighted by molar-refractivity contribution is 6.42. The number of amides is 2. The molecule has 2 aromatic rings. The Morgan fingerprint density at radius 2 is 1.70 bits per heavy atom. The van der Waals surface area contributed by atoms with Crippen LogP contribution in [0, 0.1) is 0 Å². The summed E-state index contributed by atoms with van der Waals surface area (Å²) in [5, 5.41) is 13.0. The van der Waals surface area contributed by atoms with E-state index in [2.05, 4.69) is 5.32 Å². The zero-order valence-electron chi connectivity index (χ0n) is 14.6. The third-order valence-corrected chi connectivity index (χ3v) is 5.31. The number of aliphatic hydroxyl groups is 1. The number of rotatable bonds is 4. The molecule has 1 saturated heterocycles. The fourth-order valence-corrected chi connectivity index (χ4v) is 3.25. The molecule has 2 aromatic carbocycles. The molecule has 0 saturated carbocycles. The predicted molar refractivity (Wildman–Crippen MR) is 106 cm³/mol. The second kappa shape index (κ2) is 8.74. The van der Waals surface area contributed by atoms with E-state index in [1.807, 2.05) is 12.1 Å². The molecular weight excluding hydrogens is 387 g/mol. The molecule has 27 heavy (non-hydrogen) atoms. The molecule has 1 fully saturated rings. The SMILES string of the molecule is O=C(Nc1ccc(CC(=O)N2CCC(O)CC2)cc1)c1ccc(Cl)c(Cl)c1. The number of carbonyl (C=O) groups excluding carboxylic acids is 2. The van der Waals surface area contributed by atoms with Gasteiger partial charge >= 0.3 is 0 Å². The summed E-state index contributed by atoms with van der Waals surface area (Å²) in [7, 11) is 0. The number of carbonyl (C=O) groups is 2. The van der Waals surface area contributed by atoms with Crippen LogP contribution < -0.4 is 5.32 Å². The molecule has 3 rings (SSSR count). The third kappa shape index (κ3) is 5.22. The van der Waals surface area contributed by atoms with Gasteiger partial charge in [0.1, 0.15) is 0 Å². The van der Waals surface area contributed by atoms with Crippen LogP contribution in [0.15, 0.2) is 42.5 Å². The molecule has 0 bridgehead atoms. The number of benzene rings is 2. The minimum Gasteiger partial charge on any atom is -0.393 e. The van der Waals surface area contributed by atoms with Crippen molar-refractivity contribution >= 4 is 40.7 Å². The van der Waals surface area contributed by atoms with Gasteiger partial charge in [-0.15, -0.1) is 0 Å². The average molecular weight is 407 g/mol. The van der Waals surface area contributed by atoms with Gasteiger partial charge in [-0.25, -0.2) is 0 Å². The maximum Gasteiger partial charge on any atom is 0.255 e. The second-order valence-electron chi connectivity index (χ2n) is 6.57. The first-order valence-electron chi connectivity index (χ1n) is 8.73. The summed E-state index contributed by atoms with van der Waals surface area (Å²) in [6.07, 6.45) is 1.26. The van der Waals surface area contributed by atoms with Crippen molar-refractivity contribution in [3.8, 4) is 0 Å². The molecule has 7 heteroatoms. The van der Waals surface area contributed by atoms with Crippen molar-refractivity contribution in [1.82, 2.24) is 4.90 Å². The molecule has 0 aliphatic carbocycles. The van der Waals surface area contributed by atoms with Gasteiger partial charge in [0, 0.05) is 24.3 Å². The highest BCUT2D eigenvalue weighted by atomic mass is 35.5. The average Bonchev–Trinajstić information content (AvgIpc) is 2.66. The van der Waals surface area contributed by atoms with Crippen molar-refractivity contribution in [3.63, 3.8) is 0 Å². The van der Waals surface area contributed by atoms with Gasteiger partial charge in [0.2, 0.25) is 5.91 Å². The Morgan fingerprint density at radius 1 is 1.04 bits per heavy atom. The molecule has 2 amide bonds. The van der Waals surface area contributed by atoms with Gasteiger partial charge in [0.15, 0.2) is 0 Å². The summed E-state index contributed by atoms with van der Waals surface area (Å²) >= 11 is 11.8. The second-order valence-corrected chi connectivity index (χ2v) is 7.38. The van der Waals surface area contributed by atoms with E-state index in [1.54, 1.807) is 29.2 Å². The molecule has 0 unspecified atom stereocenters. The zero-order chi connectivity index (χ0) is 19.4. The van der Waals surface area contributed by atoms with E-state index < -0.39 is 0 Å². The van der Waals surface area contributed by atoms with Crippen LogP contribution in [-0.2, 0) is 11.2 Å². The molecular formula is C20H20Cl2N2O3. The van der Waals surface area contributed by atoms with Crippen molar-refractivity contribution in [3.05, 3.63) is 63.6 Å². The monoisotopic (exact) mass is 406 g/mol. The molecule has 0 radical (unpaired) electrons. The van der Waals surface area contributed by atoms with Crippen LogP contribution in [0.4, 0.5) is 5.69 Å². The smallest absolute Gasteiger partial charge is 0.255 e. The van der Waals surface area contributed by atoms with E-state index >= 15 is 0 Å². The molecule has 1 aliphatic rings. The van der Waals surface area contributed by atoms with Crippen molar-refractivity contribution in [2.75, 3.05) is 18.4 Å². The normalized spacial score (nSPS) is 14.9. The quantitative estimate of drug-likeness (QED) is 0.811. The maximum atomic E-state index is 12.3. The Labute approximate surface area is 167 Å². The van der Waals surface area contributed by atoms with E-state index in [0.29, 0.717) is 53.6 Å². The van der Waals surface area contributed by atoms with Crippen LogP contribution in [-0.4, -0.2) is 41.0 Å². The maximum absolute atomic E-state index is 12.3. The molecule has 0 spiro atoms. The van der Waals surface area contributed by atoms with Gasteiger partial charge in [-0.2, -0.15) is 0 Å². The van der Waals surface area contributed by atoms with Gasteiger partial charge in [0.05, 0.1) is 22.6 Å². The Hall–Kier alpha value is -2.08. The third-order valence-electron chi connectivity index (χ3n) is 4.57. The summed E-state index contributed by atoms with van der Waals surface area (Å²) < 4.78 is 0. The van der Waals surface area contributed by atoms with Crippen LogP contribution in [0.25, 0.3) is 0 Å². The lowest BCUT2D eigenvalue weighted by molar-refractivity contribution is -0.132. The van der Waals surface area contributed by atoms with Gasteiger partial charge in [-0.05, 0) is 48.7 Å². The zero-order valence-corrected chi connectivity index (χ0v) is 16.1. The van der Waals surface area contributed by atoms with Gasteiger partial charge in [-0.1, -0.05) is 35.3 Å². The van der Waals surface area contributed by atoms with Crippen molar-refractivity contribution in [1.29, 1.82) is 0 Å². The van der Waals surface area contributed by atoms with Crippen molar-refractivity contribution in [2.45, 2.75) is 25.4 Å². The number of piperidine rings is 1. The number of nitrogens with one attached hydrogen (secondary N) is 1. The van der Waals surface area contributed by atoms with Gasteiger partial charge in [-0.3, -0.25) is 9.59 Å². The summed E-state index contributed by atoms with van der Waals surface area (Å²) in [5.74, 6) is -0.237. The molecule has 5 nitrogen and oxygen atoms in total. The highest BCUT2D eigenvalue weighted by Gasteiger charge is 2.21. The molecule has 1 aliphatic heterocycles. The van der Waals surface area contributed by atoms with Crippen molar-refractivity contribution < 1.29 is 14.7 Å². The van der Waals surface area contributed by atoms with E-state index in [9.17, 15) is 14.7 Å². The Kier molecular flexibility index (Phi) is 6.37. The van der Waals surface area contributed by atoms with Crippen LogP contribution in [0.2, 0.25) is 10.0 Å². The Morgan fingerprint density at radius 3 is 2.33 bits per heavy atom. The fraction of sp³-hybridized carbons (Fsp3) is 0.300.